The zero-order valence-corrected chi connectivity index (χ0v) is 19.0. The van der Waals surface area contributed by atoms with Crippen LogP contribution >= 0.6 is 31.9 Å². The van der Waals surface area contributed by atoms with Crippen molar-refractivity contribution >= 4 is 37.6 Å². The van der Waals surface area contributed by atoms with Gasteiger partial charge in [-0.25, -0.2) is 9.97 Å². The topological polar surface area (TPSA) is 69.1 Å². The predicted molar refractivity (Wildman–Crippen MR) is 119 cm³/mol. The number of halogens is 2. The van der Waals surface area contributed by atoms with E-state index in [0.29, 0.717) is 24.4 Å². The van der Waals surface area contributed by atoms with Crippen molar-refractivity contribution in [1.29, 1.82) is 0 Å². The average Bonchev–Trinajstić information content (AvgIpc) is 3.44. The Morgan fingerprint density at radius 1 is 0.800 bits per heavy atom. The van der Waals surface area contributed by atoms with Crippen LogP contribution in [0.2, 0.25) is 0 Å². The third-order valence-electron chi connectivity index (χ3n) is 4.92. The quantitative estimate of drug-likeness (QED) is 0.257. The second-order valence-electron chi connectivity index (χ2n) is 6.92. The van der Waals surface area contributed by atoms with Crippen LogP contribution in [0, 0.1) is 0 Å². The molecule has 0 saturated heterocycles. The molecule has 0 spiro atoms. The number of carbonyl (C=O) groups is 1. The Labute approximate surface area is 190 Å². The molecule has 0 aliphatic carbocycles. The van der Waals surface area contributed by atoms with E-state index in [9.17, 15) is 4.79 Å². The summed E-state index contributed by atoms with van der Waals surface area (Å²) in [4.78, 5) is 22.2. The smallest absolute Gasteiger partial charge is 0.154 e. The summed E-state index contributed by atoms with van der Waals surface area (Å²) in [5.41, 5.74) is 1.99. The summed E-state index contributed by atoms with van der Waals surface area (Å²) in [5, 5.41) is 0. The summed E-state index contributed by atoms with van der Waals surface area (Å²) in [5.74, 6) is 0.422. The Hall–Kier alpha value is -2.51. The van der Waals surface area contributed by atoms with E-state index in [2.05, 4.69) is 41.8 Å². The number of hydrogen-bond donors (Lipinski definition) is 0. The molecule has 0 aliphatic rings. The van der Waals surface area contributed by atoms with E-state index in [1.54, 1.807) is 37.1 Å². The summed E-state index contributed by atoms with van der Waals surface area (Å²) >= 11 is 6.81. The molecule has 0 N–H and O–H groups in total. The van der Waals surface area contributed by atoms with Crippen molar-refractivity contribution in [1.82, 2.24) is 9.97 Å². The highest BCUT2D eigenvalue weighted by Gasteiger charge is 2.33. The van der Waals surface area contributed by atoms with E-state index in [1.165, 1.54) is 0 Å². The number of ketones is 1. The minimum atomic E-state index is -0.449. The molecule has 0 radical (unpaired) electrons. The van der Waals surface area contributed by atoms with Gasteiger partial charge in [-0.1, -0.05) is 0 Å². The lowest BCUT2D eigenvalue weighted by Gasteiger charge is -2.20. The van der Waals surface area contributed by atoms with Gasteiger partial charge in [-0.05, 0) is 104 Å². The van der Waals surface area contributed by atoms with Gasteiger partial charge in [0.1, 0.15) is 20.7 Å². The fourth-order valence-electron chi connectivity index (χ4n) is 3.52. The van der Waals surface area contributed by atoms with Gasteiger partial charge in [-0.15, -0.1) is 0 Å². The van der Waals surface area contributed by atoms with Gasteiger partial charge in [-0.3, -0.25) is 4.79 Å². The molecule has 7 heteroatoms. The Balaban J connectivity index is 1.69. The number of Topliss-reactive ketones (excluding diaryl/α,β-unsaturated/α-hetero) is 1. The Bertz CT molecular complexity index is 1020. The first-order valence-corrected chi connectivity index (χ1v) is 11.0. The third-order valence-corrected chi connectivity index (χ3v) is 5.79. The van der Waals surface area contributed by atoms with Gasteiger partial charge < -0.3 is 8.83 Å². The van der Waals surface area contributed by atoms with Crippen molar-refractivity contribution in [2.45, 2.75) is 24.7 Å². The van der Waals surface area contributed by atoms with Crippen LogP contribution in [0.1, 0.15) is 34.5 Å². The lowest BCUT2D eigenvalue weighted by atomic mass is 9.82. The molecule has 0 aromatic carbocycles. The number of nitrogens with zero attached hydrogens (tertiary/aromatic N) is 2. The van der Waals surface area contributed by atoms with Crippen LogP contribution < -0.4 is 0 Å². The molecule has 0 bridgehead atoms. The van der Waals surface area contributed by atoms with Gasteiger partial charge in [-0.2, -0.15) is 0 Å². The van der Waals surface area contributed by atoms with E-state index in [1.807, 2.05) is 36.4 Å². The fourth-order valence-corrected chi connectivity index (χ4v) is 4.34. The highest BCUT2D eigenvalue weighted by Crippen LogP contribution is 2.33. The van der Waals surface area contributed by atoms with Crippen molar-refractivity contribution in [2.75, 3.05) is 0 Å². The Kier molecular flexibility index (Phi) is 6.59. The van der Waals surface area contributed by atoms with Crippen LogP contribution in [0.15, 0.2) is 91.5 Å². The molecule has 2 atom stereocenters. The summed E-state index contributed by atoms with van der Waals surface area (Å²) < 4.78 is 12.8. The van der Waals surface area contributed by atoms with Gasteiger partial charge in [0, 0.05) is 12.4 Å². The standard InChI is InChI=1S/C23H18Br2N2O3/c24-21-13-15(5-7-26-21)11-17(19-3-1-9-29-19)23(28)18(20-4-2-10-30-20)12-16-6-8-27-22(25)14-16/h1-10,13-14,17-18H,11-12H2. The van der Waals surface area contributed by atoms with E-state index in [0.717, 1.165) is 20.3 Å². The lowest BCUT2D eigenvalue weighted by molar-refractivity contribution is -0.122. The molecule has 30 heavy (non-hydrogen) atoms. The number of hydrogen-bond acceptors (Lipinski definition) is 5. The molecule has 4 aromatic heterocycles. The number of pyridine rings is 2. The molecule has 0 fully saturated rings. The van der Waals surface area contributed by atoms with Crippen LogP contribution in [0.5, 0.6) is 0 Å². The van der Waals surface area contributed by atoms with Crippen LogP contribution in [0.25, 0.3) is 0 Å². The molecule has 4 heterocycles. The highest BCUT2D eigenvalue weighted by atomic mass is 79.9. The molecule has 0 saturated carbocycles. The molecule has 2 unspecified atom stereocenters. The highest BCUT2D eigenvalue weighted by molar-refractivity contribution is 9.10. The van der Waals surface area contributed by atoms with Gasteiger partial charge in [0.15, 0.2) is 5.78 Å². The van der Waals surface area contributed by atoms with Crippen molar-refractivity contribution in [2.24, 2.45) is 0 Å². The fraction of sp³-hybridized carbons (Fsp3) is 0.174. The van der Waals surface area contributed by atoms with Crippen molar-refractivity contribution < 1.29 is 13.6 Å². The number of aromatic nitrogens is 2. The second kappa shape index (κ2) is 9.53. The van der Waals surface area contributed by atoms with Gasteiger partial charge in [0.05, 0.1) is 24.4 Å². The molecular weight excluding hydrogens is 512 g/mol. The van der Waals surface area contributed by atoms with Crippen LogP contribution in [-0.2, 0) is 17.6 Å². The van der Waals surface area contributed by atoms with E-state index in [-0.39, 0.29) is 5.78 Å². The van der Waals surface area contributed by atoms with Crippen LogP contribution in [-0.4, -0.2) is 15.8 Å². The predicted octanol–water partition coefficient (Wildman–Crippen LogP) is 6.11. The zero-order valence-electron chi connectivity index (χ0n) is 15.9. The molecule has 152 valence electrons. The monoisotopic (exact) mass is 528 g/mol. The number of rotatable bonds is 8. The van der Waals surface area contributed by atoms with Gasteiger partial charge >= 0.3 is 0 Å². The minimum Gasteiger partial charge on any atom is -0.469 e. The summed E-state index contributed by atoms with van der Waals surface area (Å²) in [6.07, 6.45) is 7.65. The first kappa shape index (κ1) is 20.8. The van der Waals surface area contributed by atoms with E-state index >= 15 is 0 Å². The Morgan fingerprint density at radius 3 is 1.63 bits per heavy atom. The van der Waals surface area contributed by atoms with Crippen molar-refractivity contribution in [3.63, 3.8) is 0 Å². The zero-order chi connectivity index (χ0) is 20.9. The normalized spacial score (nSPS) is 13.1. The maximum absolute atomic E-state index is 13.8. The number of furan rings is 2. The van der Waals surface area contributed by atoms with Crippen molar-refractivity contribution in [3.05, 3.63) is 105 Å². The summed E-state index contributed by atoms with van der Waals surface area (Å²) in [6, 6.07) is 15.0. The average molecular weight is 530 g/mol. The maximum Gasteiger partial charge on any atom is 0.154 e. The van der Waals surface area contributed by atoms with E-state index < -0.39 is 11.8 Å². The molecule has 4 rings (SSSR count). The largest absolute Gasteiger partial charge is 0.469 e. The van der Waals surface area contributed by atoms with Crippen LogP contribution in [0.4, 0.5) is 0 Å². The van der Waals surface area contributed by atoms with E-state index in [4.69, 9.17) is 8.83 Å². The van der Waals surface area contributed by atoms with Gasteiger partial charge in [0.2, 0.25) is 0 Å². The van der Waals surface area contributed by atoms with Crippen LogP contribution in [0.3, 0.4) is 0 Å². The molecule has 0 aliphatic heterocycles. The van der Waals surface area contributed by atoms with Gasteiger partial charge in [0.25, 0.3) is 0 Å². The molecular formula is C23H18Br2N2O3. The minimum absolute atomic E-state index is 0.0424. The lowest BCUT2D eigenvalue weighted by Crippen LogP contribution is -2.24. The second-order valence-corrected chi connectivity index (χ2v) is 8.55. The first-order valence-electron chi connectivity index (χ1n) is 9.41. The Morgan fingerprint density at radius 2 is 1.27 bits per heavy atom. The summed E-state index contributed by atoms with van der Waals surface area (Å²) in [6.45, 7) is 0. The molecule has 4 aromatic rings. The SMILES string of the molecule is O=C(C(Cc1ccnc(Br)c1)c1ccco1)C(Cc1ccnc(Br)c1)c1ccco1. The third kappa shape index (κ3) is 4.96. The molecule has 5 nitrogen and oxygen atoms in total. The maximum atomic E-state index is 13.8. The first-order chi connectivity index (χ1) is 14.6. The van der Waals surface area contributed by atoms with Crippen molar-refractivity contribution in [3.8, 4) is 0 Å². The molecule has 0 amide bonds. The summed E-state index contributed by atoms with van der Waals surface area (Å²) in [7, 11) is 0. The number of carbonyl (C=O) groups excluding carboxylic acids is 1.